The molecule has 0 aliphatic carbocycles. The molecule has 0 heterocycles. The van der Waals surface area contributed by atoms with Crippen LogP contribution in [0.5, 0.6) is 0 Å². The number of unbranched alkanes of at least 4 members (excludes halogenated alkanes) is 2. The van der Waals surface area contributed by atoms with Crippen LogP contribution in [0.4, 0.5) is 0 Å². The van der Waals surface area contributed by atoms with Gasteiger partial charge in [0.05, 0.1) is 0 Å². The average molecular weight is 257 g/mol. The standard InChI is InChI=1S/C12H17BrO/c1-2-3-7-10-14-12(13)11-8-5-4-6-9-11/h4-6,8-9,12H,2-3,7,10H2,1H3. The second kappa shape index (κ2) is 7.02. The van der Waals surface area contributed by atoms with E-state index in [4.69, 9.17) is 4.74 Å². The second-order valence-electron chi connectivity index (χ2n) is 3.30. The molecular formula is C12H17BrO. The Balaban J connectivity index is 2.25. The summed E-state index contributed by atoms with van der Waals surface area (Å²) < 4.78 is 5.65. The van der Waals surface area contributed by atoms with E-state index in [1.54, 1.807) is 0 Å². The Labute approximate surface area is 94.6 Å². The van der Waals surface area contributed by atoms with E-state index in [1.807, 2.05) is 18.2 Å². The van der Waals surface area contributed by atoms with Crippen molar-refractivity contribution >= 4 is 15.9 Å². The average Bonchev–Trinajstić information content (AvgIpc) is 2.25. The van der Waals surface area contributed by atoms with Gasteiger partial charge in [-0.2, -0.15) is 0 Å². The van der Waals surface area contributed by atoms with Crippen LogP contribution >= 0.6 is 15.9 Å². The Morgan fingerprint density at radius 2 is 1.93 bits per heavy atom. The van der Waals surface area contributed by atoms with Gasteiger partial charge in [-0.05, 0) is 12.0 Å². The molecule has 2 heteroatoms. The Bertz CT molecular complexity index is 235. The first-order valence-corrected chi connectivity index (χ1v) is 6.06. The molecule has 1 rings (SSSR count). The highest BCUT2D eigenvalue weighted by Crippen LogP contribution is 2.23. The predicted octanol–water partition coefficient (Wildman–Crippen LogP) is 4.29. The topological polar surface area (TPSA) is 9.23 Å². The van der Waals surface area contributed by atoms with Crippen LogP contribution in [0.2, 0.25) is 0 Å². The third-order valence-corrected chi connectivity index (χ3v) is 2.87. The lowest BCUT2D eigenvalue weighted by Crippen LogP contribution is -1.98. The number of halogens is 1. The van der Waals surface area contributed by atoms with Crippen molar-refractivity contribution in [2.75, 3.05) is 6.61 Å². The first-order chi connectivity index (χ1) is 6.84. The van der Waals surface area contributed by atoms with E-state index in [-0.39, 0.29) is 5.01 Å². The summed E-state index contributed by atoms with van der Waals surface area (Å²) in [5, 5.41) is 0.0422. The molecule has 0 amide bonds. The van der Waals surface area contributed by atoms with E-state index in [0.717, 1.165) is 13.0 Å². The summed E-state index contributed by atoms with van der Waals surface area (Å²) in [6, 6.07) is 10.2. The first kappa shape index (κ1) is 11.7. The van der Waals surface area contributed by atoms with Crippen LogP contribution < -0.4 is 0 Å². The molecule has 0 spiro atoms. The summed E-state index contributed by atoms with van der Waals surface area (Å²) in [4.78, 5) is 0. The lowest BCUT2D eigenvalue weighted by molar-refractivity contribution is 0.114. The van der Waals surface area contributed by atoms with E-state index in [9.17, 15) is 0 Å². The van der Waals surface area contributed by atoms with Gasteiger partial charge < -0.3 is 4.74 Å². The van der Waals surface area contributed by atoms with Crippen LogP contribution in [0.1, 0.15) is 36.8 Å². The van der Waals surface area contributed by atoms with Crippen LogP contribution in [0.3, 0.4) is 0 Å². The number of hydrogen-bond donors (Lipinski definition) is 0. The molecule has 0 fully saturated rings. The van der Waals surface area contributed by atoms with Crippen LogP contribution in [0.25, 0.3) is 0 Å². The molecule has 0 aliphatic heterocycles. The number of benzene rings is 1. The minimum atomic E-state index is 0.0422. The van der Waals surface area contributed by atoms with E-state index in [2.05, 4.69) is 35.0 Å². The molecule has 1 atom stereocenters. The normalized spacial score (nSPS) is 12.7. The van der Waals surface area contributed by atoms with E-state index in [1.165, 1.54) is 18.4 Å². The Kier molecular flexibility index (Phi) is 5.88. The smallest absolute Gasteiger partial charge is 0.137 e. The van der Waals surface area contributed by atoms with Gasteiger partial charge in [-0.25, -0.2) is 0 Å². The predicted molar refractivity (Wildman–Crippen MR) is 63.6 cm³/mol. The quantitative estimate of drug-likeness (QED) is 0.545. The van der Waals surface area contributed by atoms with E-state index in [0.29, 0.717) is 0 Å². The zero-order valence-electron chi connectivity index (χ0n) is 8.58. The van der Waals surface area contributed by atoms with Gasteiger partial charge in [-0.3, -0.25) is 0 Å². The molecule has 0 N–H and O–H groups in total. The highest BCUT2D eigenvalue weighted by atomic mass is 79.9. The maximum atomic E-state index is 5.65. The first-order valence-electron chi connectivity index (χ1n) is 5.15. The summed E-state index contributed by atoms with van der Waals surface area (Å²) in [6.45, 7) is 3.03. The minimum Gasteiger partial charge on any atom is -0.362 e. The molecule has 0 bridgehead atoms. The number of hydrogen-bond acceptors (Lipinski definition) is 1. The summed E-state index contributed by atoms with van der Waals surface area (Å²) in [5.74, 6) is 0. The van der Waals surface area contributed by atoms with Gasteiger partial charge in [0, 0.05) is 6.61 Å². The molecule has 0 aliphatic rings. The molecule has 1 aromatic carbocycles. The lowest BCUT2D eigenvalue weighted by Gasteiger charge is -2.11. The molecular weight excluding hydrogens is 240 g/mol. The lowest BCUT2D eigenvalue weighted by atomic mass is 10.2. The van der Waals surface area contributed by atoms with Crippen molar-refractivity contribution < 1.29 is 4.74 Å². The van der Waals surface area contributed by atoms with Crippen molar-refractivity contribution in [3.63, 3.8) is 0 Å². The molecule has 78 valence electrons. The van der Waals surface area contributed by atoms with Gasteiger partial charge >= 0.3 is 0 Å². The number of ether oxygens (including phenoxy) is 1. The van der Waals surface area contributed by atoms with Crippen molar-refractivity contribution in [1.82, 2.24) is 0 Å². The maximum Gasteiger partial charge on any atom is 0.137 e. The SMILES string of the molecule is CCCCCOC(Br)c1ccccc1. The zero-order chi connectivity index (χ0) is 10.2. The van der Waals surface area contributed by atoms with Crippen LogP contribution in [0.15, 0.2) is 30.3 Å². The van der Waals surface area contributed by atoms with Gasteiger partial charge in [0.2, 0.25) is 0 Å². The van der Waals surface area contributed by atoms with Crippen molar-refractivity contribution in [3.05, 3.63) is 35.9 Å². The number of alkyl halides is 1. The van der Waals surface area contributed by atoms with Crippen LogP contribution in [-0.2, 0) is 4.74 Å². The Morgan fingerprint density at radius 1 is 1.21 bits per heavy atom. The van der Waals surface area contributed by atoms with Crippen molar-refractivity contribution in [2.24, 2.45) is 0 Å². The third-order valence-electron chi connectivity index (χ3n) is 2.07. The molecule has 14 heavy (non-hydrogen) atoms. The van der Waals surface area contributed by atoms with Crippen molar-refractivity contribution in [2.45, 2.75) is 31.2 Å². The van der Waals surface area contributed by atoms with Gasteiger partial charge in [0.25, 0.3) is 0 Å². The highest BCUT2D eigenvalue weighted by molar-refractivity contribution is 9.09. The second-order valence-corrected chi connectivity index (χ2v) is 4.14. The van der Waals surface area contributed by atoms with Gasteiger partial charge in [0.1, 0.15) is 5.01 Å². The fraction of sp³-hybridized carbons (Fsp3) is 0.500. The fourth-order valence-corrected chi connectivity index (χ4v) is 1.73. The molecule has 0 radical (unpaired) electrons. The third kappa shape index (κ3) is 4.25. The zero-order valence-corrected chi connectivity index (χ0v) is 10.2. The molecule has 1 unspecified atom stereocenters. The summed E-state index contributed by atoms with van der Waals surface area (Å²) in [6.07, 6.45) is 3.63. The van der Waals surface area contributed by atoms with Crippen molar-refractivity contribution in [3.8, 4) is 0 Å². The van der Waals surface area contributed by atoms with Crippen molar-refractivity contribution in [1.29, 1.82) is 0 Å². The maximum absolute atomic E-state index is 5.65. The minimum absolute atomic E-state index is 0.0422. The molecule has 1 aromatic rings. The molecule has 0 saturated carbocycles. The highest BCUT2D eigenvalue weighted by Gasteiger charge is 2.05. The van der Waals surface area contributed by atoms with Gasteiger partial charge in [-0.1, -0.05) is 66.0 Å². The monoisotopic (exact) mass is 256 g/mol. The fourth-order valence-electron chi connectivity index (χ4n) is 1.24. The number of rotatable bonds is 6. The molecule has 1 nitrogen and oxygen atoms in total. The Morgan fingerprint density at radius 3 is 2.57 bits per heavy atom. The van der Waals surface area contributed by atoms with Gasteiger partial charge in [-0.15, -0.1) is 0 Å². The van der Waals surface area contributed by atoms with Crippen LogP contribution in [-0.4, -0.2) is 6.61 Å². The Hall–Kier alpha value is -0.340. The van der Waals surface area contributed by atoms with E-state index >= 15 is 0 Å². The van der Waals surface area contributed by atoms with E-state index < -0.39 is 0 Å². The molecule has 0 saturated heterocycles. The molecule has 0 aromatic heterocycles. The van der Waals surface area contributed by atoms with Gasteiger partial charge in [0.15, 0.2) is 0 Å². The summed E-state index contributed by atoms with van der Waals surface area (Å²) in [5.41, 5.74) is 1.18. The largest absolute Gasteiger partial charge is 0.362 e. The summed E-state index contributed by atoms with van der Waals surface area (Å²) in [7, 11) is 0. The van der Waals surface area contributed by atoms with Crippen LogP contribution in [0, 0.1) is 0 Å². The summed E-state index contributed by atoms with van der Waals surface area (Å²) >= 11 is 3.52.